The second-order valence-electron chi connectivity index (χ2n) is 19.5. The summed E-state index contributed by atoms with van der Waals surface area (Å²) >= 11 is 12.6. The van der Waals surface area contributed by atoms with Gasteiger partial charge in [0.15, 0.2) is 0 Å². The van der Waals surface area contributed by atoms with Crippen LogP contribution in [0.25, 0.3) is 0 Å². The topological polar surface area (TPSA) is 149 Å². The van der Waals surface area contributed by atoms with Gasteiger partial charge in [-0.15, -0.1) is 0 Å². The number of amides is 5. The van der Waals surface area contributed by atoms with Gasteiger partial charge in [-0.3, -0.25) is 33.3 Å². The number of fused-ring (bicyclic) bond motifs is 4. The molecule has 0 saturated carbocycles. The zero-order valence-corrected chi connectivity index (χ0v) is 43.7. The highest BCUT2D eigenvalue weighted by Crippen LogP contribution is 2.35. The van der Waals surface area contributed by atoms with Crippen molar-refractivity contribution in [2.75, 3.05) is 62.2 Å². The molecule has 0 aliphatic carbocycles. The number of nitrogens with one attached hydrogen (secondary N) is 1. The van der Waals surface area contributed by atoms with E-state index in [1.165, 1.54) is 0 Å². The summed E-state index contributed by atoms with van der Waals surface area (Å²) in [6.45, 7) is 12.0. The highest BCUT2D eigenvalue weighted by molar-refractivity contribution is 6.31. The fourth-order valence-corrected chi connectivity index (χ4v) is 10.8. The molecule has 0 radical (unpaired) electrons. The predicted octanol–water partition coefficient (Wildman–Crippen LogP) is 7.25. The molecule has 1 N–H and O–H groups in total. The van der Waals surface area contributed by atoms with Crippen LogP contribution in [0, 0.1) is 13.8 Å². The molecule has 0 bridgehead atoms. The number of anilines is 2. The van der Waals surface area contributed by atoms with Crippen molar-refractivity contribution < 1.29 is 24.0 Å². The molecule has 4 aliphatic rings. The zero-order chi connectivity index (χ0) is 51.5. The van der Waals surface area contributed by atoms with Gasteiger partial charge in [-0.05, 0) is 121 Å². The van der Waals surface area contributed by atoms with Crippen LogP contribution in [0.4, 0.5) is 11.4 Å². The van der Waals surface area contributed by atoms with E-state index in [1.54, 1.807) is 16.7 Å². The van der Waals surface area contributed by atoms with Gasteiger partial charge in [-0.25, -0.2) is 0 Å². The van der Waals surface area contributed by atoms with Crippen LogP contribution in [0.5, 0.6) is 0 Å². The lowest BCUT2D eigenvalue weighted by Crippen LogP contribution is -2.50. The Bertz CT molecular complexity index is 3100. The summed E-state index contributed by atoms with van der Waals surface area (Å²) in [7, 11) is 3.84. The number of halogens is 2. The lowest BCUT2D eigenvalue weighted by atomic mass is 9.99. The fraction of sp³-hybridized carbons (Fsp3) is 0.375. The van der Waals surface area contributed by atoms with E-state index >= 15 is 0 Å². The first-order valence-electron chi connectivity index (χ1n) is 25.0. The van der Waals surface area contributed by atoms with Crippen LogP contribution in [-0.2, 0) is 67.3 Å². The molecule has 17 heteroatoms. The third kappa shape index (κ3) is 11.4. The van der Waals surface area contributed by atoms with Crippen molar-refractivity contribution in [1.29, 1.82) is 0 Å². The Labute approximate surface area is 436 Å². The first-order chi connectivity index (χ1) is 35.1. The van der Waals surface area contributed by atoms with Gasteiger partial charge in [0.1, 0.15) is 0 Å². The van der Waals surface area contributed by atoms with Crippen LogP contribution in [-0.4, -0.2) is 116 Å². The van der Waals surface area contributed by atoms with Gasteiger partial charge in [-0.1, -0.05) is 35.3 Å². The number of rotatable bonds is 8. The molecule has 10 rings (SSSR count). The minimum Gasteiger partial charge on any atom is -0.340 e. The van der Waals surface area contributed by atoms with E-state index in [-0.39, 0.29) is 29.5 Å². The van der Waals surface area contributed by atoms with Crippen molar-refractivity contribution in [2.24, 2.45) is 14.1 Å². The van der Waals surface area contributed by atoms with Crippen LogP contribution in [0.3, 0.4) is 0 Å². The number of nitrogens with zero attached hydrogens (tertiary/aromatic N) is 9. The zero-order valence-electron chi connectivity index (χ0n) is 42.2. The maximum absolute atomic E-state index is 13.8. The molecule has 6 heterocycles. The van der Waals surface area contributed by atoms with Gasteiger partial charge in [0.2, 0.25) is 17.7 Å². The molecule has 0 unspecified atom stereocenters. The van der Waals surface area contributed by atoms with Crippen molar-refractivity contribution in [3.8, 4) is 0 Å². The fourth-order valence-electron chi connectivity index (χ4n) is 10.4. The lowest BCUT2D eigenvalue weighted by molar-refractivity contribution is -0.138. The molecule has 0 spiro atoms. The molecule has 5 amide bonds. The molecule has 0 atom stereocenters. The Kier molecular flexibility index (Phi) is 15.5. The smallest absolute Gasteiger partial charge is 0.258 e. The molecule has 6 aromatic rings. The maximum atomic E-state index is 13.8. The molecule has 15 nitrogen and oxygen atoms in total. The Morgan fingerprint density at radius 2 is 0.973 bits per heavy atom. The maximum Gasteiger partial charge on any atom is 0.258 e. The van der Waals surface area contributed by atoms with E-state index in [1.807, 2.05) is 137 Å². The third-order valence-electron chi connectivity index (χ3n) is 14.8. The first kappa shape index (κ1) is 51.1. The number of aromatic nitrogens is 4. The Morgan fingerprint density at radius 3 is 1.40 bits per heavy atom. The monoisotopic (exact) mass is 1020 g/mol. The molecular formula is C56H62Cl2N10O5. The van der Waals surface area contributed by atoms with Gasteiger partial charge < -0.3 is 29.8 Å². The second-order valence-corrected chi connectivity index (χ2v) is 20.3. The Hall–Kier alpha value is -6.81. The normalized spacial score (nSPS) is 15.2. The van der Waals surface area contributed by atoms with Crippen molar-refractivity contribution in [3.05, 3.63) is 162 Å². The predicted molar refractivity (Wildman–Crippen MR) is 283 cm³/mol. The van der Waals surface area contributed by atoms with Crippen LogP contribution in [0.15, 0.2) is 85.2 Å². The standard InChI is InChI=1S/C29H32ClN5O3.C27H30ClN5O2/c1-19-14-22(5-4-21(19)6-9-28(37)34-12-10-33(11-13-34)20(2)36)29(38)35-18-24-17-31-32(3)27(24)16-23-15-25(30)7-8-26(23)35;1-18-13-20(4-3-19(18)5-8-26(34)32-11-9-29-10-12-32)27(35)33-17-22-16-30-31(2)25(22)15-21-14-23(28)6-7-24(21)33/h4-5,7-8,14-15,17H,6,9-13,16,18H2,1-3H3;3-4,6-7,13-14,16,29H,5,8-12,15,17H2,1-2H3. The quantitative estimate of drug-likeness (QED) is 0.168. The van der Waals surface area contributed by atoms with Crippen molar-refractivity contribution >= 4 is 64.1 Å². The summed E-state index contributed by atoms with van der Waals surface area (Å²) in [4.78, 5) is 73.6. The van der Waals surface area contributed by atoms with Crippen molar-refractivity contribution in [1.82, 2.24) is 39.6 Å². The molecule has 380 valence electrons. The second kappa shape index (κ2) is 22.1. The molecule has 4 aliphatic heterocycles. The van der Waals surface area contributed by atoms with Crippen LogP contribution >= 0.6 is 23.2 Å². The highest BCUT2D eigenvalue weighted by atomic mass is 35.5. The lowest BCUT2D eigenvalue weighted by Gasteiger charge is -2.34. The van der Waals surface area contributed by atoms with Crippen LogP contribution in [0.2, 0.25) is 10.0 Å². The van der Waals surface area contributed by atoms with Crippen molar-refractivity contribution in [3.63, 3.8) is 0 Å². The largest absolute Gasteiger partial charge is 0.340 e. The average molecular weight is 1030 g/mol. The molecule has 2 fully saturated rings. The van der Waals surface area contributed by atoms with E-state index in [9.17, 15) is 24.0 Å². The number of hydrogen-bond acceptors (Lipinski definition) is 8. The van der Waals surface area contributed by atoms with Gasteiger partial charge in [0.05, 0.1) is 25.5 Å². The molecular weight excluding hydrogens is 964 g/mol. The van der Waals surface area contributed by atoms with E-state index in [4.69, 9.17) is 23.2 Å². The number of piperazine rings is 2. The summed E-state index contributed by atoms with van der Waals surface area (Å²) in [6.07, 6.45) is 7.16. The summed E-state index contributed by atoms with van der Waals surface area (Å²) < 4.78 is 3.73. The number of aryl methyl sites for hydroxylation is 6. The Balaban J connectivity index is 0.000000180. The van der Waals surface area contributed by atoms with E-state index in [0.717, 1.165) is 93.4 Å². The summed E-state index contributed by atoms with van der Waals surface area (Å²) in [5, 5.41) is 13.4. The minimum atomic E-state index is -0.0839. The van der Waals surface area contributed by atoms with Gasteiger partial charge in [-0.2, -0.15) is 10.2 Å². The molecule has 2 saturated heterocycles. The van der Waals surface area contributed by atoms with E-state index < -0.39 is 0 Å². The molecule has 4 aromatic carbocycles. The summed E-state index contributed by atoms with van der Waals surface area (Å²) in [5.41, 5.74) is 13.3. The number of carbonyl (C=O) groups is 5. The number of hydrogen-bond donors (Lipinski definition) is 1. The van der Waals surface area contributed by atoms with Gasteiger partial charge in [0.25, 0.3) is 11.8 Å². The van der Waals surface area contributed by atoms with E-state index in [2.05, 4.69) is 15.5 Å². The highest BCUT2D eigenvalue weighted by Gasteiger charge is 2.30. The summed E-state index contributed by atoms with van der Waals surface area (Å²) in [6, 6.07) is 22.9. The first-order valence-corrected chi connectivity index (χ1v) is 25.8. The molecule has 2 aromatic heterocycles. The van der Waals surface area contributed by atoms with Crippen LogP contribution in [0.1, 0.15) is 96.4 Å². The van der Waals surface area contributed by atoms with Gasteiger partial charge >= 0.3 is 0 Å². The minimum absolute atomic E-state index is 0.0516. The number of carbonyl (C=O) groups excluding carboxylic acids is 5. The third-order valence-corrected chi connectivity index (χ3v) is 15.2. The summed E-state index contributed by atoms with van der Waals surface area (Å²) in [5.74, 6) is 0.199. The SMILES string of the molecule is CC(=O)N1CCN(C(=O)CCc2ccc(C(=O)N3Cc4cnn(C)c4Cc4cc(Cl)ccc43)cc2C)CC1.Cc1cc(C(=O)N2Cc3cnn(C)c3Cc3cc(Cl)ccc32)ccc1CCC(=O)N1CCNCC1. The van der Waals surface area contributed by atoms with E-state index in [0.29, 0.717) is 99.0 Å². The van der Waals surface area contributed by atoms with Gasteiger partial charge in [0, 0.05) is 154 Å². The Morgan fingerprint density at radius 1 is 0.548 bits per heavy atom. The van der Waals surface area contributed by atoms with Crippen molar-refractivity contribution in [2.45, 2.75) is 72.4 Å². The van der Waals surface area contributed by atoms with Crippen LogP contribution < -0.4 is 15.1 Å². The molecule has 73 heavy (non-hydrogen) atoms. The number of benzene rings is 4. The average Bonchev–Trinajstić information content (AvgIpc) is 3.79.